The van der Waals surface area contributed by atoms with Crippen molar-refractivity contribution in [3.05, 3.63) is 42.5 Å². The van der Waals surface area contributed by atoms with Gasteiger partial charge in [-0.05, 0) is 49.9 Å². The largest absolute Gasteiger partial charge is 0.371 e. The van der Waals surface area contributed by atoms with Gasteiger partial charge in [0, 0.05) is 55.9 Å². The monoisotopic (exact) mass is 369 g/mol. The number of carbonyl (C=O) groups is 1. The van der Waals surface area contributed by atoms with Crippen LogP contribution in [0.5, 0.6) is 0 Å². The van der Waals surface area contributed by atoms with E-state index in [1.807, 2.05) is 6.07 Å². The molecule has 1 aromatic heterocycles. The highest BCUT2D eigenvalue weighted by atomic mass is 19.1. The molecule has 0 radical (unpaired) electrons. The van der Waals surface area contributed by atoms with Crippen molar-refractivity contribution >= 4 is 23.2 Å². The third kappa shape index (κ3) is 4.18. The lowest BCUT2D eigenvalue weighted by molar-refractivity contribution is -0.120. The smallest absolute Gasteiger partial charge is 0.227 e. The highest BCUT2D eigenvalue weighted by Gasteiger charge is 2.26. The summed E-state index contributed by atoms with van der Waals surface area (Å²) < 4.78 is 14.0. The van der Waals surface area contributed by atoms with Gasteiger partial charge in [-0.15, -0.1) is 0 Å². The van der Waals surface area contributed by atoms with E-state index in [-0.39, 0.29) is 17.6 Å². The van der Waals surface area contributed by atoms with Crippen LogP contribution in [-0.2, 0) is 4.79 Å². The van der Waals surface area contributed by atoms with Crippen molar-refractivity contribution in [2.24, 2.45) is 5.92 Å². The number of nitrogens with zero attached hydrogens (tertiary/aromatic N) is 4. The standard InChI is InChI=1S/C20H24FN5O/c21-16-12-17(14-18(13-16)25-8-1-2-9-25)24-19(27)15-4-10-26(11-5-15)20-22-6-3-7-23-20/h3,6-7,12-15H,1-2,4-5,8-11H2,(H,24,27). The number of hydrogen-bond donors (Lipinski definition) is 1. The van der Waals surface area contributed by atoms with Crippen molar-refractivity contribution < 1.29 is 9.18 Å². The number of piperidine rings is 1. The quantitative estimate of drug-likeness (QED) is 0.897. The molecule has 0 bridgehead atoms. The topological polar surface area (TPSA) is 61.4 Å². The molecule has 2 saturated heterocycles. The average Bonchev–Trinajstić information content (AvgIpc) is 3.23. The van der Waals surface area contributed by atoms with E-state index < -0.39 is 0 Å². The number of halogens is 1. The van der Waals surface area contributed by atoms with Gasteiger partial charge in [-0.3, -0.25) is 4.79 Å². The number of hydrogen-bond acceptors (Lipinski definition) is 5. The Kier molecular flexibility index (Phi) is 5.18. The van der Waals surface area contributed by atoms with Crippen LogP contribution in [0.3, 0.4) is 0 Å². The first-order chi connectivity index (χ1) is 13.2. The predicted octanol–water partition coefficient (Wildman–Crippen LogP) is 3.07. The summed E-state index contributed by atoms with van der Waals surface area (Å²) in [6.07, 6.45) is 7.17. The van der Waals surface area contributed by atoms with Gasteiger partial charge in [0.1, 0.15) is 5.82 Å². The number of carbonyl (C=O) groups excluding carboxylic acids is 1. The lowest BCUT2D eigenvalue weighted by Gasteiger charge is -2.31. The number of rotatable bonds is 4. The normalized spacial score (nSPS) is 18.0. The molecule has 0 saturated carbocycles. The van der Waals surface area contributed by atoms with E-state index in [2.05, 4.69) is 25.1 Å². The molecule has 6 nitrogen and oxygen atoms in total. The second kappa shape index (κ2) is 7.90. The van der Waals surface area contributed by atoms with Crippen LogP contribution in [0.15, 0.2) is 36.7 Å². The average molecular weight is 369 g/mol. The van der Waals surface area contributed by atoms with Crippen molar-refractivity contribution in [3.63, 3.8) is 0 Å². The maximum absolute atomic E-state index is 14.0. The van der Waals surface area contributed by atoms with E-state index >= 15 is 0 Å². The highest BCUT2D eigenvalue weighted by molar-refractivity contribution is 5.93. The van der Waals surface area contributed by atoms with Crippen LogP contribution in [0.2, 0.25) is 0 Å². The third-order valence-electron chi connectivity index (χ3n) is 5.32. The van der Waals surface area contributed by atoms with Crippen molar-refractivity contribution in [2.75, 3.05) is 41.3 Å². The van der Waals surface area contributed by atoms with Crippen LogP contribution in [0, 0.1) is 11.7 Å². The predicted molar refractivity (Wildman–Crippen MR) is 103 cm³/mol. The molecule has 0 atom stereocenters. The van der Waals surface area contributed by atoms with E-state index in [9.17, 15) is 9.18 Å². The summed E-state index contributed by atoms with van der Waals surface area (Å²) in [4.78, 5) is 25.4. The third-order valence-corrected chi connectivity index (χ3v) is 5.32. The Labute approximate surface area is 158 Å². The number of aromatic nitrogens is 2. The van der Waals surface area contributed by atoms with E-state index in [1.54, 1.807) is 24.5 Å². The SMILES string of the molecule is O=C(Nc1cc(F)cc(N2CCCC2)c1)C1CCN(c2ncccn2)CC1. The molecule has 27 heavy (non-hydrogen) atoms. The molecule has 2 aliphatic rings. The van der Waals surface area contributed by atoms with Gasteiger partial charge in [-0.2, -0.15) is 0 Å². The van der Waals surface area contributed by atoms with Crippen LogP contribution in [0.4, 0.5) is 21.7 Å². The van der Waals surface area contributed by atoms with E-state index in [4.69, 9.17) is 0 Å². The van der Waals surface area contributed by atoms with Crippen molar-refractivity contribution in [1.29, 1.82) is 0 Å². The fraction of sp³-hybridized carbons (Fsp3) is 0.450. The van der Waals surface area contributed by atoms with Gasteiger partial charge >= 0.3 is 0 Å². The maximum atomic E-state index is 14.0. The molecule has 2 aliphatic heterocycles. The molecule has 1 amide bonds. The van der Waals surface area contributed by atoms with Crippen LogP contribution in [0.25, 0.3) is 0 Å². The molecule has 4 rings (SSSR count). The molecule has 2 fully saturated rings. The van der Waals surface area contributed by atoms with E-state index in [0.29, 0.717) is 11.6 Å². The number of amides is 1. The molecule has 0 unspecified atom stereocenters. The minimum Gasteiger partial charge on any atom is -0.371 e. The molecule has 1 N–H and O–H groups in total. The summed E-state index contributed by atoms with van der Waals surface area (Å²) in [5.41, 5.74) is 1.38. The van der Waals surface area contributed by atoms with Gasteiger partial charge in [0.05, 0.1) is 0 Å². The Balaban J connectivity index is 1.37. The first-order valence-corrected chi connectivity index (χ1v) is 9.57. The zero-order chi connectivity index (χ0) is 18.6. The van der Waals surface area contributed by atoms with Crippen LogP contribution in [-0.4, -0.2) is 42.1 Å². The van der Waals surface area contributed by atoms with Crippen LogP contribution in [0.1, 0.15) is 25.7 Å². The Hall–Kier alpha value is -2.70. The van der Waals surface area contributed by atoms with Gasteiger partial charge in [0.25, 0.3) is 0 Å². The highest BCUT2D eigenvalue weighted by Crippen LogP contribution is 2.27. The summed E-state index contributed by atoms with van der Waals surface area (Å²) in [6, 6.07) is 6.60. The zero-order valence-corrected chi connectivity index (χ0v) is 15.3. The van der Waals surface area contributed by atoms with Gasteiger partial charge in [0.2, 0.25) is 11.9 Å². The summed E-state index contributed by atoms with van der Waals surface area (Å²) >= 11 is 0. The molecular formula is C20H24FN5O. The molecule has 2 aromatic rings. The zero-order valence-electron chi connectivity index (χ0n) is 15.3. The van der Waals surface area contributed by atoms with Crippen LogP contribution >= 0.6 is 0 Å². The Bertz CT molecular complexity index is 786. The summed E-state index contributed by atoms with van der Waals surface area (Å²) in [6.45, 7) is 3.36. The Morgan fingerprint density at radius 2 is 1.70 bits per heavy atom. The fourth-order valence-electron chi connectivity index (χ4n) is 3.84. The first-order valence-electron chi connectivity index (χ1n) is 9.57. The minimum atomic E-state index is -0.314. The summed E-state index contributed by atoms with van der Waals surface area (Å²) in [5.74, 6) is 0.271. The van der Waals surface area contributed by atoms with E-state index in [1.165, 1.54) is 6.07 Å². The van der Waals surface area contributed by atoms with Crippen LogP contribution < -0.4 is 15.1 Å². The number of anilines is 3. The fourth-order valence-corrected chi connectivity index (χ4v) is 3.84. The lowest BCUT2D eigenvalue weighted by Crippen LogP contribution is -2.39. The van der Waals surface area contributed by atoms with Gasteiger partial charge in [-0.1, -0.05) is 0 Å². The Morgan fingerprint density at radius 3 is 2.41 bits per heavy atom. The summed E-state index contributed by atoms with van der Waals surface area (Å²) in [5, 5.41) is 2.92. The molecule has 0 spiro atoms. The van der Waals surface area contributed by atoms with Crippen molar-refractivity contribution in [1.82, 2.24) is 9.97 Å². The first kappa shape index (κ1) is 17.7. The van der Waals surface area contributed by atoms with Crippen molar-refractivity contribution in [3.8, 4) is 0 Å². The molecule has 3 heterocycles. The summed E-state index contributed by atoms with van der Waals surface area (Å²) in [7, 11) is 0. The number of nitrogens with one attached hydrogen (secondary N) is 1. The molecular weight excluding hydrogens is 345 g/mol. The second-order valence-electron chi connectivity index (χ2n) is 7.19. The van der Waals surface area contributed by atoms with Gasteiger partial charge in [0.15, 0.2) is 0 Å². The lowest BCUT2D eigenvalue weighted by atomic mass is 9.96. The maximum Gasteiger partial charge on any atom is 0.227 e. The molecule has 142 valence electrons. The molecule has 1 aromatic carbocycles. The minimum absolute atomic E-state index is 0.0402. The van der Waals surface area contributed by atoms with Gasteiger partial charge in [-0.25, -0.2) is 14.4 Å². The van der Waals surface area contributed by atoms with Gasteiger partial charge < -0.3 is 15.1 Å². The molecule has 7 heteroatoms. The van der Waals surface area contributed by atoms with Crippen molar-refractivity contribution in [2.45, 2.75) is 25.7 Å². The van der Waals surface area contributed by atoms with E-state index in [0.717, 1.165) is 57.5 Å². The number of benzene rings is 1. The Morgan fingerprint density at radius 1 is 1.00 bits per heavy atom. The second-order valence-corrected chi connectivity index (χ2v) is 7.19. The molecule has 0 aliphatic carbocycles.